The fourth-order valence-electron chi connectivity index (χ4n) is 4.96. The Labute approximate surface area is 223 Å². The molecule has 0 aromatic heterocycles. The van der Waals surface area contributed by atoms with Crippen LogP contribution < -0.4 is 0 Å². The summed E-state index contributed by atoms with van der Waals surface area (Å²) in [7, 11) is 0. The van der Waals surface area contributed by atoms with Gasteiger partial charge in [-0.1, -0.05) is 118 Å². The normalized spacial score (nSPS) is 14.8. The monoisotopic (exact) mass is 506 g/mol. The average Bonchev–Trinajstić information content (AvgIpc) is 2.91. The second-order valence-electron chi connectivity index (χ2n) is 10.7. The van der Waals surface area contributed by atoms with Crippen LogP contribution in [0.2, 0.25) is 0 Å². The fourth-order valence-corrected chi connectivity index (χ4v) is 4.96. The predicted octanol–water partition coefficient (Wildman–Crippen LogP) is 8.70. The number of carbonyl (C=O) groups is 2. The largest absolute Gasteiger partial charge is 0.481 e. The van der Waals surface area contributed by atoms with Crippen LogP contribution in [0.1, 0.15) is 108 Å². The molecular formula is C33H46O4. The van der Waals surface area contributed by atoms with Crippen molar-refractivity contribution in [2.75, 3.05) is 0 Å². The van der Waals surface area contributed by atoms with E-state index in [4.69, 9.17) is 0 Å². The minimum absolute atomic E-state index is 0.671. The van der Waals surface area contributed by atoms with E-state index in [-0.39, 0.29) is 0 Å². The van der Waals surface area contributed by atoms with Crippen LogP contribution in [0.25, 0.3) is 0 Å². The first-order valence-corrected chi connectivity index (χ1v) is 14.0. The van der Waals surface area contributed by atoms with Crippen LogP contribution >= 0.6 is 0 Å². The van der Waals surface area contributed by atoms with Crippen molar-refractivity contribution in [3.63, 3.8) is 0 Å². The van der Waals surface area contributed by atoms with E-state index >= 15 is 0 Å². The molecule has 0 aliphatic carbocycles. The van der Waals surface area contributed by atoms with Gasteiger partial charge in [0.25, 0.3) is 0 Å². The lowest BCUT2D eigenvalue weighted by Gasteiger charge is -2.25. The zero-order valence-electron chi connectivity index (χ0n) is 22.8. The van der Waals surface area contributed by atoms with Crippen molar-refractivity contribution in [3.05, 3.63) is 83.9 Å². The van der Waals surface area contributed by atoms with E-state index in [2.05, 4.69) is 12.2 Å². The number of hydrogen-bond acceptors (Lipinski definition) is 2. The number of allylic oxidation sites excluding steroid dienone is 2. The Kier molecular flexibility index (Phi) is 13.2. The van der Waals surface area contributed by atoms with Gasteiger partial charge in [-0.25, -0.2) is 0 Å². The third-order valence-electron chi connectivity index (χ3n) is 7.78. The van der Waals surface area contributed by atoms with E-state index in [9.17, 15) is 19.8 Å². The van der Waals surface area contributed by atoms with E-state index in [0.717, 1.165) is 68.9 Å². The smallest absolute Gasteiger partial charge is 0.313 e. The van der Waals surface area contributed by atoms with Crippen molar-refractivity contribution in [1.82, 2.24) is 0 Å². The Morgan fingerprint density at radius 2 is 0.892 bits per heavy atom. The maximum absolute atomic E-state index is 11.9. The van der Waals surface area contributed by atoms with Crippen LogP contribution in [-0.4, -0.2) is 22.2 Å². The second kappa shape index (κ2) is 16.1. The van der Waals surface area contributed by atoms with E-state index < -0.39 is 22.8 Å². The summed E-state index contributed by atoms with van der Waals surface area (Å²) in [6, 6.07) is 19.2. The highest BCUT2D eigenvalue weighted by Crippen LogP contribution is 2.31. The van der Waals surface area contributed by atoms with Crippen LogP contribution in [0, 0.1) is 0 Å². The first-order chi connectivity index (χ1) is 17.8. The highest BCUT2D eigenvalue weighted by molar-refractivity contribution is 5.81. The first kappa shape index (κ1) is 30.3. The highest BCUT2D eigenvalue weighted by Gasteiger charge is 2.35. The van der Waals surface area contributed by atoms with Gasteiger partial charge in [0.15, 0.2) is 0 Å². The molecule has 2 aromatic rings. The number of carboxylic acids is 2. The number of carboxylic acid groups (broad SMARTS) is 2. The molecule has 4 nitrogen and oxygen atoms in total. The molecule has 0 heterocycles. The van der Waals surface area contributed by atoms with Crippen molar-refractivity contribution in [2.24, 2.45) is 0 Å². The van der Waals surface area contributed by atoms with E-state index in [1.807, 2.05) is 74.5 Å². The molecule has 37 heavy (non-hydrogen) atoms. The highest BCUT2D eigenvalue weighted by atomic mass is 16.4. The van der Waals surface area contributed by atoms with Gasteiger partial charge >= 0.3 is 11.9 Å². The third kappa shape index (κ3) is 9.83. The summed E-state index contributed by atoms with van der Waals surface area (Å²) in [5.41, 5.74) is 0.163. The molecule has 0 amide bonds. The van der Waals surface area contributed by atoms with E-state index in [0.29, 0.717) is 12.8 Å². The quantitative estimate of drug-likeness (QED) is 0.148. The molecular weight excluding hydrogens is 460 g/mol. The minimum atomic E-state index is -0.807. The topological polar surface area (TPSA) is 74.6 Å². The van der Waals surface area contributed by atoms with Gasteiger partial charge in [0, 0.05) is 0 Å². The van der Waals surface area contributed by atoms with Gasteiger partial charge in [-0.2, -0.15) is 0 Å². The lowest BCUT2D eigenvalue weighted by molar-refractivity contribution is -0.144. The van der Waals surface area contributed by atoms with Crippen molar-refractivity contribution in [2.45, 2.75) is 108 Å². The molecule has 0 saturated heterocycles. The molecule has 202 valence electrons. The lowest BCUT2D eigenvalue weighted by Crippen LogP contribution is -2.32. The van der Waals surface area contributed by atoms with Gasteiger partial charge in [0.1, 0.15) is 0 Å². The van der Waals surface area contributed by atoms with Crippen LogP contribution in [0.15, 0.2) is 72.8 Å². The van der Waals surface area contributed by atoms with Crippen LogP contribution in [0.4, 0.5) is 0 Å². The molecule has 0 radical (unpaired) electrons. The molecule has 0 bridgehead atoms. The maximum Gasteiger partial charge on any atom is 0.313 e. The molecule has 4 heteroatoms. The molecule has 2 atom stereocenters. The van der Waals surface area contributed by atoms with Crippen molar-refractivity contribution in [1.29, 1.82) is 0 Å². The number of benzene rings is 2. The Morgan fingerprint density at radius 3 is 1.24 bits per heavy atom. The molecule has 0 aliphatic rings. The predicted molar refractivity (Wildman–Crippen MR) is 152 cm³/mol. The summed E-state index contributed by atoms with van der Waals surface area (Å²) in [5, 5.41) is 19.5. The average molecular weight is 507 g/mol. The minimum Gasteiger partial charge on any atom is -0.481 e. The maximum atomic E-state index is 11.9. The van der Waals surface area contributed by atoms with E-state index in [1.165, 1.54) is 12.8 Å². The lowest BCUT2D eigenvalue weighted by atomic mass is 9.78. The molecule has 2 rings (SSSR count). The summed E-state index contributed by atoms with van der Waals surface area (Å²) >= 11 is 0. The first-order valence-electron chi connectivity index (χ1n) is 14.0. The van der Waals surface area contributed by atoms with Gasteiger partial charge in [-0.3, -0.25) is 9.59 Å². The van der Waals surface area contributed by atoms with Gasteiger partial charge in [-0.15, -0.1) is 0 Å². The van der Waals surface area contributed by atoms with Crippen LogP contribution in [0.5, 0.6) is 0 Å². The zero-order chi connectivity index (χ0) is 27.0. The number of unbranched alkanes of at least 4 members (excludes halogenated alkanes) is 9. The van der Waals surface area contributed by atoms with E-state index in [1.54, 1.807) is 0 Å². The Bertz CT molecular complexity index is 953. The summed E-state index contributed by atoms with van der Waals surface area (Å²) < 4.78 is 0. The van der Waals surface area contributed by atoms with Crippen LogP contribution in [0.3, 0.4) is 0 Å². The Morgan fingerprint density at radius 1 is 0.568 bits per heavy atom. The summed E-state index contributed by atoms with van der Waals surface area (Å²) in [6.07, 6.45) is 17.9. The zero-order valence-corrected chi connectivity index (χ0v) is 22.8. The number of aliphatic carboxylic acids is 2. The summed E-state index contributed by atoms with van der Waals surface area (Å²) in [4.78, 5) is 23.7. The fraction of sp³-hybridized carbons (Fsp3) is 0.515. The van der Waals surface area contributed by atoms with Gasteiger partial charge < -0.3 is 10.2 Å². The number of hydrogen-bond donors (Lipinski definition) is 2. The number of rotatable bonds is 19. The molecule has 2 unspecified atom stereocenters. The standard InChI is InChI=1S/C33H46O4/c1-32(30(34)35,28-22-16-14-17-23-28)26-20-12-10-8-6-4-3-5-7-9-11-13-21-27-33(2,31(36)37)29-24-18-15-19-25-29/h3-4,14-19,22-25H,5-13,20-21,26-27H2,1-2H3,(H,34,35)(H,36,37)/b4-3-. The molecule has 0 aliphatic heterocycles. The second-order valence-corrected chi connectivity index (χ2v) is 10.7. The molecule has 2 N–H and O–H groups in total. The molecule has 0 spiro atoms. The van der Waals surface area contributed by atoms with Gasteiger partial charge in [0.2, 0.25) is 0 Å². The van der Waals surface area contributed by atoms with Crippen molar-refractivity contribution < 1.29 is 19.8 Å². The summed E-state index contributed by atoms with van der Waals surface area (Å²) in [6.45, 7) is 3.68. The van der Waals surface area contributed by atoms with Gasteiger partial charge in [0.05, 0.1) is 10.8 Å². The van der Waals surface area contributed by atoms with Gasteiger partial charge in [-0.05, 0) is 63.5 Å². The Balaban J connectivity index is 1.50. The summed E-state index contributed by atoms with van der Waals surface area (Å²) in [5.74, 6) is -1.48. The van der Waals surface area contributed by atoms with Crippen molar-refractivity contribution in [3.8, 4) is 0 Å². The van der Waals surface area contributed by atoms with Crippen LogP contribution in [-0.2, 0) is 20.4 Å². The Hall–Kier alpha value is -2.88. The van der Waals surface area contributed by atoms with Crippen molar-refractivity contribution >= 4 is 11.9 Å². The molecule has 2 aromatic carbocycles. The SMILES string of the molecule is CC(CCCCCC/C=C\CCCCCCCC(C)(C(=O)O)c1ccccc1)(C(=O)O)c1ccccc1. The molecule has 0 saturated carbocycles. The third-order valence-corrected chi connectivity index (χ3v) is 7.78. The molecule has 0 fully saturated rings.